The van der Waals surface area contributed by atoms with Crippen molar-refractivity contribution in [2.75, 3.05) is 19.0 Å². The van der Waals surface area contributed by atoms with Gasteiger partial charge < -0.3 is 19.2 Å². The number of benzene rings is 3. The predicted octanol–water partition coefficient (Wildman–Crippen LogP) is 4.97. The van der Waals surface area contributed by atoms with Crippen molar-refractivity contribution in [3.8, 4) is 5.75 Å². The fraction of sp³-hybridized carbons (Fsp3) is 0.130. The number of rotatable bonds is 6. The number of para-hydroxylation sites is 1. The third kappa shape index (κ3) is 4.09. The Bertz CT molecular complexity index is 1250. The molecular weight excluding hydrogens is 406 g/mol. The van der Waals surface area contributed by atoms with E-state index in [2.05, 4.69) is 5.32 Å². The fourth-order valence-corrected chi connectivity index (χ4v) is 3.40. The summed E-state index contributed by atoms with van der Waals surface area (Å²) < 4.78 is 16.3. The molecule has 0 saturated carbocycles. The second-order valence-corrected chi connectivity index (χ2v) is 7.03. The fourth-order valence-electron chi connectivity index (χ4n) is 3.20. The maximum absolute atomic E-state index is 12.3. The lowest BCUT2D eigenvalue weighted by atomic mass is 10.1. The van der Waals surface area contributed by atoms with Crippen molar-refractivity contribution in [2.45, 2.75) is 6.42 Å². The van der Waals surface area contributed by atoms with E-state index in [0.29, 0.717) is 27.6 Å². The number of amides is 1. The number of methoxy groups -OCH3 is 1. The van der Waals surface area contributed by atoms with E-state index in [1.165, 1.54) is 7.11 Å². The Balaban J connectivity index is 1.45. The summed E-state index contributed by atoms with van der Waals surface area (Å²) in [5.74, 6) is -0.556. The number of carbonyl (C=O) groups excluding carboxylic acids is 2. The first-order chi connectivity index (χ1) is 14.5. The zero-order chi connectivity index (χ0) is 21.1. The van der Waals surface area contributed by atoms with E-state index >= 15 is 0 Å². The van der Waals surface area contributed by atoms with E-state index in [1.54, 1.807) is 36.4 Å². The quantitative estimate of drug-likeness (QED) is 0.443. The zero-order valence-corrected chi connectivity index (χ0v) is 16.9. The van der Waals surface area contributed by atoms with Gasteiger partial charge in [-0.3, -0.25) is 9.59 Å². The van der Waals surface area contributed by atoms with Crippen molar-refractivity contribution in [1.29, 1.82) is 0 Å². The van der Waals surface area contributed by atoms with Crippen LogP contribution in [0, 0.1) is 0 Å². The second kappa shape index (κ2) is 8.47. The highest BCUT2D eigenvalue weighted by atomic mass is 35.5. The van der Waals surface area contributed by atoms with Crippen LogP contribution < -0.4 is 10.1 Å². The Hall–Kier alpha value is -3.51. The number of hydrogen-bond donors (Lipinski definition) is 1. The molecule has 4 aromatic rings. The minimum Gasteiger partial charge on any atom is -0.495 e. The number of halogens is 1. The van der Waals surface area contributed by atoms with Crippen molar-refractivity contribution in [2.24, 2.45) is 0 Å². The maximum Gasteiger partial charge on any atom is 0.310 e. The SMILES string of the molecule is COc1cc2c(cc1NC(=O)COC(=O)Cc1ccccc1Cl)oc1ccccc12. The van der Waals surface area contributed by atoms with Crippen LogP contribution in [0.15, 0.2) is 65.1 Å². The van der Waals surface area contributed by atoms with Crippen LogP contribution in [0.25, 0.3) is 21.9 Å². The molecule has 1 amide bonds. The predicted molar refractivity (Wildman–Crippen MR) is 115 cm³/mol. The number of nitrogens with one attached hydrogen (secondary N) is 1. The molecule has 4 rings (SSSR count). The first-order valence-electron chi connectivity index (χ1n) is 9.23. The smallest absolute Gasteiger partial charge is 0.310 e. The van der Waals surface area contributed by atoms with Crippen molar-refractivity contribution >= 4 is 51.1 Å². The third-order valence-electron chi connectivity index (χ3n) is 4.63. The lowest BCUT2D eigenvalue weighted by Gasteiger charge is -2.11. The summed E-state index contributed by atoms with van der Waals surface area (Å²) in [6.07, 6.45) is -0.0127. The van der Waals surface area contributed by atoms with Gasteiger partial charge in [0.15, 0.2) is 6.61 Å². The number of fused-ring (bicyclic) bond motifs is 3. The van der Waals surface area contributed by atoms with Gasteiger partial charge in [0.1, 0.15) is 16.9 Å². The van der Waals surface area contributed by atoms with Crippen LogP contribution in [-0.4, -0.2) is 25.6 Å². The Kier molecular flexibility index (Phi) is 5.59. The highest BCUT2D eigenvalue weighted by Gasteiger charge is 2.15. The summed E-state index contributed by atoms with van der Waals surface area (Å²) in [6.45, 7) is -0.426. The molecule has 0 bridgehead atoms. The molecule has 0 saturated heterocycles. The van der Waals surface area contributed by atoms with E-state index in [1.807, 2.05) is 24.3 Å². The Labute approximate surface area is 177 Å². The molecule has 0 aliphatic carbocycles. The van der Waals surface area contributed by atoms with Crippen molar-refractivity contribution in [3.05, 3.63) is 71.2 Å². The molecule has 0 atom stereocenters. The normalized spacial score (nSPS) is 10.9. The number of hydrogen-bond acceptors (Lipinski definition) is 5. The largest absolute Gasteiger partial charge is 0.495 e. The van der Waals surface area contributed by atoms with E-state index in [0.717, 1.165) is 16.4 Å². The number of ether oxygens (including phenoxy) is 2. The van der Waals surface area contributed by atoms with Crippen LogP contribution in [0.3, 0.4) is 0 Å². The van der Waals surface area contributed by atoms with E-state index in [9.17, 15) is 9.59 Å². The van der Waals surface area contributed by atoms with Crippen LogP contribution in [0.5, 0.6) is 5.75 Å². The van der Waals surface area contributed by atoms with Gasteiger partial charge in [0.05, 0.1) is 19.2 Å². The molecule has 6 nitrogen and oxygen atoms in total. The minimum atomic E-state index is -0.544. The molecule has 1 N–H and O–H groups in total. The van der Waals surface area contributed by atoms with E-state index in [4.69, 9.17) is 25.5 Å². The zero-order valence-electron chi connectivity index (χ0n) is 16.1. The highest BCUT2D eigenvalue weighted by molar-refractivity contribution is 6.31. The van der Waals surface area contributed by atoms with Gasteiger partial charge >= 0.3 is 5.97 Å². The van der Waals surface area contributed by atoms with Crippen LogP contribution in [0.1, 0.15) is 5.56 Å². The van der Waals surface area contributed by atoms with Gasteiger partial charge in [0, 0.05) is 21.9 Å². The standard InChI is InChI=1S/C23H18ClNO5/c1-28-21-11-16-15-7-3-5-9-19(15)30-20(16)12-18(21)25-22(26)13-29-23(27)10-14-6-2-4-8-17(14)24/h2-9,11-12H,10,13H2,1H3,(H,25,26). The molecule has 1 heterocycles. The molecule has 7 heteroatoms. The summed E-state index contributed by atoms with van der Waals surface area (Å²) in [4.78, 5) is 24.3. The molecular formula is C23H18ClNO5. The Morgan fingerprint density at radius 3 is 2.57 bits per heavy atom. The number of anilines is 1. The van der Waals surface area contributed by atoms with Gasteiger partial charge in [0.2, 0.25) is 0 Å². The summed E-state index contributed by atoms with van der Waals surface area (Å²) in [5.41, 5.74) is 2.42. The second-order valence-electron chi connectivity index (χ2n) is 6.62. The lowest BCUT2D eigenvalue weighted by molar-refractivity contribution is -0.146. The lowest BCUT2D eigenvalue weighted by Crippen LogP contribution is -2.22. The molecule has 152 valence electrons. The topological polar surface area (TPSA) is 77.8 Å². The number of esters is 1. The Morgan fingerprint density at radius 1 is 1.00 bits per heavy atom. The molecule has 30 heavy (non-hydrogen) atoms. The monoisotopic (exact) mass is 423 g/mol. The molecule has 0 unspecified atom stereocenters. The van der Waals surface area contributed by atoms with Crippen LogP contribution >= 0.6 is 11.6 Å². The summed E-state index contributed by atoms with van der Waals surface area (Å²) in [7, 11) is 1.52. The van der Waals surface area contributed by atoms with Gasteiger partial charge in [-0.15, -0.1) is 0 Å². The average molecular weight is 424 g/mol. The van der Waals surface area contributed by atoms with Crippen molar-refractivity contribution in [1.82, 2.24) is 0 Å². The van der Waals surface area contributed by atoms with Gasteiger partial charge in [-0.1, -0.05) is 48.0 Å². The number of carbonyl (C=O) groups is 2. The summed E-state index contributed by atoms with van der Waals surface area (Å²) >= 11 is 6.04. The molecule has 0 aliphatic rings. The highest BCUT2D eigenvalue weighted by Crippen LogP contribution is 2.36. The van der Waals surface area contributed by atoms with Gasteiger partial charge in [-0.25, -0.2) is 0 Å². The molecule has 1 aromatic heterocycles. The molecule has 0 aliphatic heterocycles. The first kappa shape index (κ1) is 19.8. The Morgan fingerprint density at radius 2 is 1.77 bits per heavy atom. The third-order valence-corrected chi connectivity index (χ3v) is 5.00. The minimum absolute atomic E-state index is 0.0127. The van der Waals surface area contributed by atoms with Crippen molar-refractivity contribution < 1.29 is 23.5 Å². The first-order valence-corrected chi connectivity index (χ1v) is 9.61. The van der Waals surface area contributed by atoms with Gasteiger partial charge in [-0.05, 0) is 23.8 Å². The van der Waals surface area contributed by atoms with Gasteiger partial charge in [0.25, 0.3) is 5.91 Å². The van der Waals surface area contributed by atoms with E-state index < -0.39 is 18.5 Å². The molecule has 0 spiro atoms. The summed E-state index contributed by atoms with van der Waals surface area (Å²) in [5, 5.41) is 5.01. The van der Waals surface area contributed by atoms with Gasteiger partial charge in [-0.2, -0.15) is 0 Å². The molecule has 3 aromatic carbocycles. The summed E-state index contributed by atoms with van der Waals surface area (Å²) in [6, 6.07) is 18.1. The van der Waals surface area contributed by atoms with Crippen LogP contribution in [-0.2, 0) is 20.7 Å². The maximum atomic E-state index is 12.3. The molecule has 0 fully saturated rings. The number of furan rings is 1. The van der Waals surface area contributed by atoms with Crippen molar-refractivity contribution in [3.63, 3.8) is 0 Å². The molecule has 0 radical (unpaired) electrons. The average Bonchev–Trinajstić information content (AvgIpc) is 3.10. The van der Waals surface area contributed by atoms with E-state index in [-0.39, 0.29) is 6.42 Å². The van der Waals surface area contributed by atoms with Crippen LogP contribution in [0.2, 0.25) is 5.02 Å². The van der Waals surface area contributed by atoms with Crippen LogP contribution in [0.4, 0.5) is 5.69 Å².